The highest BCUT2D eigenvalue weighted by molar-refractivity contribution is 7.92. The molecule has 2 aromatic rings. The molecular weight excluding hydrogens is 388 g/mol. The Bertz CT molecular complexity index is 989. The van der Waals surface area contributed by atoms with Crippen LogP contribution in [0.2, 0.25) is 0 Å². The smallest absolute Gasteiger partial charge is 0.278 e. The van der Waals surface area contributed by atoms with E-state index in [1.165, 1.54) is 37.4 Å². The van der Waals surface area contributed by atoms with Crippen molar-refractivity contribution in [1.82, 2.24) is 5.43 Å². The van der Waals surface area contributed by atoms with Crippen molar-refractivity contribution in [2.45, 2.75) is 0 Å². The van der Waals surface area contributed by atoms with E-state index in [4.69, 9.17) is 4.74 Å². The van der Waals surface area contributed by atoms with Crippen molar-refractivity contribution >= 4 is 33.5 Å². The number of hydrazone groups is 1. The molecule has 28 heavy (non-hydrogen) atoms. The van der Waals surface area contributed by atoms with E-state index in [-0.39, 0.29) is 16.9 Å². The monoisotopic (exact) mass is 406 g/mol. The Morgan fingerprint density at radius 2 is 1.89 bits per heavy atom. The molecule has 0 saturated carbocycles. The van der Waals surface area contributed by atoms with Crippen LogP contribution in [0.15, 0.2) is 53.6 Å². The van der Waals surface area contributed by atoms with Crippen LogP contribution >= 0.6 is 0 Å². The van der Waals surface area contributed by atoms with Gasteiger partial charge in [0, 0.05) is 6.07 Å². The number of anilines is 1. The summed E-state index contributed by atoms with van der Waals surface area (Å²) < 4.78 is 30.0. The second kappa shape index (κ2) is 8.95. The minimum Gasteiger partial charge on any atom is -0.497 e. The lowest BCUT2D eigenvalue weighted by Gasteiger charge is -2.21. The van der Waals surface area contributed by atoms with Gasteiger partial charge in [0.05, 0.1) is 35.8 Å². The number of hydrogen-bond acceptors (Lipinski definition) is 7. The Morgan fingerprint density at radius 3 is 2.46 bits per heavy atom. The summed E-state index contributed by atoms with van der Waals surface area (Å²) in [5.74, 6) is -0.174. The first-order valence-electron chi connectivity index (χ1n) is 7.89. The summed E-state index contributed by atoms with van der Waals surface area (Å²) in [6.07, 6.45) is 2.09. The first kappa shape index (κ1) is 20.8. The van der Waals surface area contributed by atoms with Crippen LogP contribution in [0.1, 0.15) is 5.56 Å². The second-order valence-electron chi connectivity index (χ2n) is 5.58. The molecule has 0 aliphatic heterocycles. The van der Waals surface area contributed by atoms with E-state index >= 15 is 0 Å². The number of carbonyl (C=O) groups is 1. The summed E-state index contributed by atoms with van der Waals surface area (Å²) >= 11 is 0. The number of benzene rings is 2. The Balaban J connectivity index is 2.11. The van der Waals surface area contributed by atoms with Crippen LogP contribution in [-0.4, -0.2) is 45.4 Å². The molecule has 2 rings (SSSR count). The SMILES string of the molecule is COc1ccc(N(CC(=O)N/N=C\c2ccccc2[N+](=O)[O-])S(C)(=O)=O)cc1. The Morgan fingerprint density at radius 1 is 1.25 bits per heavy atom. The second-order valence-corrected chi connectivity index (χ2v) is 7.48. The fourth-order valence-corrected chi connectivity index (χ4v) is 3.11. The highest BCUT2D eigenvalue weighted by Gasteiger charge is 2.20. The summed E-state index contributed by atoms with van der Waals surface area (Å²) in [5.41, 5.74) is 2.48. The van der Waals surface area contributed by atoms with E-state index in [0.29, 0.717) is 5.75 Å². The number of carbonyl (C=O) groups excluding carboxylic acids is 1. The maximum Gasteiger partial charge on any atom is 0.278 e. The van der Waals surface area contributed by atoms with Gasteiger partial charge in [0.2, 0.25) is 10.0 Å². The van der Waals surface area contributed by atoms with E-state index in [0.717, 1.165) is 16.8 Å². The van der Waals surface area contributed by atoms with Crippen molar-refractivity contribution in [3.8, 4) is 5.75 Å². The topological polar surface area (TPSA) is 131 Å². The number of sulfonamides is 1. The molecule has 0 atom stereocenters. The number of nitro groups is 1. The third-order valence-electron chi connectivity index (χ3n) is 3.57. The zero-order chi connectivity index (χ0) is 20.7. The highest BCUT2D eigenvalue weighted by atomic mass is 32.2. The van der Waals surface area contributed by atoms with Gasteiger partial charge in [0.25, 0.3) is 11.6 Å². The van der Waals surface area contributed by atoms with Crippen molar-refractivity contribution < 1.29 is 22.9 Å². The quantitative estimate of drug-likeness (QED) is 0.402. The van der Waals surface area contributed by atoms with E-state index in [1.54, 1.807) is 18.2 Å². The molecular formula is C17H18N4O6S. The third-order valence-corrected chi connectivity index (χ3v) is 4.71. The number of nitro benzene ring substituents is 1. The molecule has 0 spiro atoms. The highest BCUT2D eigenvalue weighted by Crippen LogP contribution is 2.21. The number of amides is 1. The fraction of sp³-hybridized carbons (Fsp3) is 0.176. The number of methoxy groups -OCH3 is 1. The van der Waals surface area contributed by atoms with Gasteiger partial charge in [-0.15, -0.1) is 0 Å². The molecule has 1 amide bonds. The zero-order valence-electron chi connectivity index (χ0n) is 15.1. The predicted molar refractivity (Wildman–Crippen MR) is 104 cm³/mol. The summed E-state index contributed by atoms with van der Waals surface area (Å²) in [5, 5.41) is 14.6. The molecule has 0 heterocycles. The van der Waals surface area contributed by atoms with Gasteiger partial charge >= 0.3 is 0 Å². The fourth-order valence-electron chi connectivity index (χ4n) is 2.25. The molecule has 0 aliphatic carbocycles. The lowest BCUT2D eigenvalue weighted by molar-refractivity contribution is -0.385. The Hall–Kier alpha value is -3.47. The van der Waals surface area contributed by atoms with E-state index < -0.39 is 27.4 Å². The van der Waals surface area contributed by atoms with Crippen LogP contribution in [0, 0.1) is 10.1 Å². The number of hydrogen-bond donors (Lipinski definition) is 1. The first-order valence-corrected chi connectivity index (χ1v) is 9.74. The minimum absolute atomic E-state index is 0.170. The van der Waals surface area contributed by atoms with Crippen molar-refractivity contribution in [3.63, 3.8) is 0 Å². The van der Waals surface area contributed by atoms with Crippen molar-refractivity contribution in [1.29, 1.82) is 0 Å². The number of para-hydroxylation sites is 1. The third kappa shape index (κ3) is 5.51. The van der Waals surface area contributed by atoms with Crippen LogP contribution in [0.4, 0.5) is 11.4 Å². The lowest BCUT2D eigenvalue weighted by Crippen LogP contribution is -2.39. The molecule has 0 unspecified atom stereocenters. The van der Waals surface area contributed by atoms with Crippen LogP contribution in [0.5, 0.6) is 5.75 Å². The summed E-state index contributed by atoms with van der Waals surface area (Å²) in [4.78, 5) is 22.5. The molecule has 1 N–H and O–H groups in total. The molecule has 11 heteroatoms. The van der Waals surface area contributed by atoms with Crippen LogP contribution in [0.3, 0.4) is 0 Å². The van der Waals surface area contributed by atoms with Gasteiger partial charge < -0.3 is 4.74 Å². The summed E-state index contributed by atoms with van der Waals surface area (Å²) in [7, 11) is -2.26. The minimum atomic E-state index is -3.74. The van der Waals surface area contributed by atoms with Crippen molar-refractivity contribution in [2.75, 3.05) is 24.2 Å². The van der Waals surface area contributed by atoms with Crippen LogP contribution in [0.25, 0.3) is 0 Å². The Kier molecular flexibility index (Phi) is 6.66. The van der Waals surface area contributed by atoms with Gasteiger partial charge in [-0.05, 0) is 30.3 Å². The van der Waals surface area contributed by atoms with E-state index in [2.05, 4.69) is 10.5 Å². The van der Waals surface area contributed by atoms with Crippen molar-refractivity contribution in [2.24, 2.45) is 5.10 Å². The molecule has 2 aromatic carbocycles. The average molecular weight is 406 g/mol. The number of nitrogens with one attached hydrogen (secondary N) is 1. The number of ether oxygens (including phenoxy) is 1. The molecule has 0 aliphatic rings. The molecule has 0 fully saturated rings. The van der Waals surface area contributed by atoms with Crippen molar-refractivity contribution in [3.05, 3.63) is 64.2 Å². The maximum absolute atomic E-state index is 12.1. The van der Waals surface area contributed by atoms with E-state index in [9.17, 15) is 23.3 Å². The molecule has 0 saturated heterocycles. The normalized spacial score (nSPS) is 11.2. The van der Waals surface area contributed by atoms with Gasteiger partial charge in [0.15, 0.2) is 0 Å². The van der Waals surface area contributed by atoms with Gasteiger partial charge in [-0.1, -0.05) is 12.1 Å². The molecule has 148 valence electrons. The largest absolute Gasteiger partial charge is 0.497 e. The predicted octanol–water partition coefficient (Wildman–Crippen LogP) is 1.52. The van der Waals surface area contributed by atoms with E-state index in [1.807, 2.05) is 0 Å². The van der Waals surface area contributed by atoms with Gasteiger partial charge in [-0.3, -0.25) is 19.2 Å². The lowest BCUT2D eigenvalue weighted by atomic mass is 10.2. The molecule has 10 nitrogen and oxygen atoms in total. The van der Waals surface area contributed by atoms with Gasteiger partial charge in [0.1, 0.15) is 12.3 Å². The van der Waals surface area contributed by atoms with Gasteiger partial charge in [-0.2, -0.15) is 5.10 Å². The summed E-state index contributed by atoms with van der Waals surface area (Å²) in [6, 6.07) is 12.0. The van der Waals surface area contributed by atoms with Crippen LogP contribution in [-0.2, 0) is 14.8 Å². The first-order chi connectivity index (χ1) is 13.2. The standard InChI is InChI=1S/C17H18N4O6S/c1-27-15-9-7-14(8-10-15)20(28(2,25)26)12-17(22)19-18-11-13-5-3-4-6-16(13)21(23)24/h3-11H,12H2,1-2H3,(H,19,22)/b18-11-. The summed E-state index contributed by atoms with van der Waals surface area (Å²) in [6.45, 7) is -0.514. The molecule has 0 aromatic heterocycles. The Labute approximate surface area is 161 Å². The zero-order valence-corrected chi connectivity index (χ0v) is 15.9. The molecule has 0 radical (unpaired) electrons. The number of rotatable bonds is 8. The van der Waals surface area contributed by atoms with Crippen LogP contribution < -0.4 is 14.5 Å². The molecule has 0 bridgehead atoms. The average Bonchev–Trinajstić information content (AvgIpc) is 2.65. The van der Waals surface area contributed by atoms with Gasteiger partial charge in [-0.25, -0.2) is 13.8 Å². The number of nitrogens with zero attached hydrogens (tertiary/aromatic N) is 3. The maximum atomic E-state index is 12.1.